The Bertz CT molecular complexity index is 1560. The largest absolute Gasteiger partial charge is 0.467 e. The fraction of sp³-hybridized carbons (Fsp3) is 0.723. The van der Waals surface area contributed by atoms with Crippen molar-refractivity contribution in [1.29, 1.82) is 0 Å². The molecule has 3 N–H and O–H groups in total. The van der Waals surface area contributed by atoms with Gasteiger partial charge < -0.3 is 44.7 Å². The first-order valence-electron chi connectivity index (χ1n) is 22.4. The van der Waals surface area contributed by atoms with Crippen LogP contribution in [0.2, 0.25) is 0 Å². The van der Waals surface area contributed by atoms with E-state index in [2.05, 4.69) is 36.4 Å². The van der Waals surface area contributed by atoms with E-state index in [1.54, 1.807) is 23.8 Å². The van der Waals surface area contributed by atoms with E-state index < -0.39 is 60.2 Å². The van der Waals surface area contributed by atoms with Crippen molar-refractivity contribution >= 4 is 29.6 Å². The minimum absolute atomic E-state index is 0.0411. The van der Waals surface area contributed by atoms with Gasteiger partial charge in [0.05, 0.1) is 63.0 Å². The minimum atomic E-state index is -0.907. The zero-order chi connectivity index (χ0) is 46.7. The van der Waals surface area contributed by atoms with Gasteiger partial charge in [-0.3, -0.25) is 24.1 Å². The molecule has 0 saturated carbocycles. The first kappa shape index (κ1) is 54.2. The molecular weight excluding hydrogens is 793 g/mol. The third-order valence-electron chi connectivity index (χ3n) is 11.9. The summed E-state index contributed by atoms with van der Waals surface area (Å²) in [7, 11) is 7.88. The van der Waals surface area contributed by atoms with Crippen LogP contribution in [0.15, 0.2) is 42.5 Å². The number of benzene rings is 1. The fourth-order valence-electron chi connectivity index (χ4n) is 8.37. The predicted molar refractivity (Wildman–Crippen MR) is 242 cm³/mol. The number of methoxy groups -OCH3 is 3. The van der Waals surface area contributed by atoms with Crippen molar-refractivity contribution in [3.8, 4) is 0 Å². The van der Waals surface area contributed by atoms with Gasteiger partial charge in [0.15, 0.2) is 0 Å². The molecule has 0 aliphatic carbocycles. The molecule has 1 saturated heterocycles. The molecule has 15 heteroatoms. The Morgan fingerprint density at radius 3 is 2.08 bits per heavy atom. The Balaban J connectivity index is 2.24. The first-order valence-corrected chi connectivity index (χ1v) is 22.4. The summed E-state index contributed by atoms with van der Waals surface area (Å²) in [5, 5.41) is 9.26. The van der Waals surface area contributed by atoms with Crippen LogP contribution in [0.5, 0.6) is 0 Å². The highest BCUT2D eigenvalue weighted by atomic mass is 16.5. The highest BCUT2D eigenvalue weighted by Crippen LogP contribution is 2.29. The lowest BCUT2D eigenvalue weighted by Crippen LogP contribution is -2.59. The number of nitrogens with one attached hydrogen (secondary N) is 3. The molecule has 2 rings (SSSR count). The number of carbonyl (C=O) groups excluding carboxylic acids is 5. The highest BCUT2D eigenvalue weighted by molar-refractivity contribution is 5.90. The maximum atomic E-state index is 14.5. The normalized spacial score (nSPS) is 17.6. The van der Waals surface area contributed by atoms with Crippen LogP contribution in [0, 0.1) is 17.8 Å². The number of likely N-dealkylation sites (tertiary alicyclic amines) is 1. The average molecular weight is 873 g/mol. The van der Waals surface area contributed by atoms with Gasteiger partial charge in [-0.25, -0.2) is 4.79 Å². The maximum Gasteiger partial charge on any atom is 0.328 e. The van der Waals surface area contributed by atoms with Gasteiger partial charge in [-0.15, -0.1) is 0 Å². The van der Waals surface area contributed by atoms with Crippen LogP contribution in [0.3, 0.4) is 0 Å². The van der Waals surface area contributed by atoms with E-state index in [1.807, 2.05) is 76.9 Å². The number of hydrogen-bond acceptors (Lipinski definition) is 11. The second kappa shape index (κ2) is 27.3. The highest BCUT2D eigenvalue weighted by Gasteiger charge is 2.43. The second-order valence-electron chi connectivity index (χ2n) is 17.6. The molecular formula is C47H80N6O9. The quantitative estimate of drug-likeness (QED) is 0.0636. The zero-order valence-electron chi connectivity index (χ0n) is 40.0. The Labute approximate surface area is 372 Å². The van der Waals surface area contributed by atoms with E-state index in [1.165, 1.54) is 21.3 Å². The summed E-state index contributed by atoms with van der Waals surface area (Å²) in [5.74, 6) is -2.74. The molecule has 352 valence electrons. The van der Waals surface area contributed by atoms with Crippen molar-refractivity contribution in [3.63, 3.8) is 0 Å². The SMILES string of the molecule is C=C(CC)[C@@H]([C@@H](CC(=O)N1CCC[C@H]1[C@H](OC)[C@@H](C)C(=O)N[C@@H](Cc1ccccc1)C(=O)OC)OC)N(C)C(=O)[C@@H](NC(=O)[C@H](C(C)C)N(C)CCOCCNC(C)C)C(C)C. The second-order valence-corrected chi connectivity index (χ2v) is 17.6. The van der Waals surface area contributed by atoms with Gasteiger partial charge in [-0.05, 0) is 43.7 Å². The molecule has 1 aliphatic rings. The summed E-state index contributed by atoms with van der Waals surface area (Å²) in [6.07, 6.45) is 0.582. The Morgan fingerprint density at radius 1 is 0.871 bits per heavy atom. The summed E-state index contributed by atoms with van der Waals surface area (Å²) in [6.45, 7) is 22.7. The number of nitrogens with zero attached hydrogens (tertiary/aromatic N) is 3. The van der Waals surface area contributed by atoms with Gasteiger partial charge in [0.1, 0.15) is 12.1 Å². The number of ether oxygens (including phenoxy) is 4. The van der Waals surface area contributed by atoms with Gasteiger partial charge in [0.25, 0.3) is 0 Å². The number of amides is 4. The van der Waals surface area contributed by atoms with Crippen LogP contribution >= 0.6 is 0 Å². The molecule has 1 heterocycles. The molecule has 1 aromatic rings. The van der Waals surface area contributed by atoms with Crippen molar-refractivity contribution in [2.45, 2.75) is 136 Å². The molecule has 1 fully saturated rings. The number of hydrogen-bond donors (Lipinski definition) is 3. The molecule has 62 heavy (non-hydrogen) atoms. The average Bonchev–Trinajstić information content (AvgIpc) is 3.72. The smallest absolute Gasteiger partial charge is 0.328 e. The molecule has 0 aromatic heterocycles. The van der Waals surface area contributed by atoms with Gasteiger partial charge >= 0.3 is 5.97 Å². The fourth-order valence-corrected chi connectivity index (χ4v) is 8.37. The molecule has 8 atom stereocenters. The number of carbonyl (C=O) groups is 5. The number of esters is 1. The summed E-state index contributed by atoms with van der Waals surface area (Å²) in [5.41, 5.74) is 1.57. The van der Waals surface area contributed by atoms with Crippen LogP contribution in [0.4, 0.5) is 0 Å². The predicted octanol–water partition coefficient (Wildman–Crippen LogP) is 3.84. The lowest BCUT2D eigenvalue weighted by atomic mass is 9.92. The third kappa shape index (κ3) is 16.0. The zero-order valence-corrected chi connectivity index (χ0v) is 40.0. The molecule has 0 unspecified atom stereocenters. The summed E-state index contributed by atoms with van der Waals surface area (Å²) in [6, 6.07) is 6.36. The standard InChI is InChI=1S/C47H80N6O9/c1-15-33(8)42(52(11)46(57)40(30(2)3)50-45(56)41(31(4)5)51(10)25-27-62-26-23-48-32(6)7)38(59-12)29-39(54)53-24-19-22-37(53)43(60-13)34(9)44(55)49-36(47(58)61-14)28-35-20-17-16-18-21-35/h16-18,20-21,30-32,34,36-38,40-43,48H,8,15,19,22-29H2,1-7,9-14H3,(H,49,55)(H,50,56)/t34-,36+,37+,38-,40+,41+,42+,43-/m1/s1. The summed E-state index contributed by atoms with van der Waals surface area (Å²) in [4.78, 5) is 74.5. The van der Waals surface area contributed by atoms with Gasteiger partial charge in [-0.2, -0.15) is 0 Å². The van der Waals surface area contributed by atoms with Crippen LogP contribution < -0.4 is 16.0 Å². The third-order valence-corrected chi connectivity index (χ3v) is 11.9. The van der Waals surface area contributed by atoms with Crippen molar-refractivity contribution in [1.82, 2.24) is 30.7 Å². The molecule has 1 aromatic carbocycles. The first-order chi connectivity index (χ1) is 29.3. The molecule has 0 radical (unpaired) electrons. The van der Waals surface area contributed by atoms with E-state index in [-0.39, 0.29) is 42.4 Å². The summed E-state index contributed by atoms with van der Waals surface area (Å²) >= 11 is 0. The van der Waals surface area contributed by atoms with Crippen LogP contribution in [0.25, 0.3) is 0 Å². The van der Waals surface area contributed by atoms with Crippen molar-refractivity contribution in [2.75, 3.05) is 68.3 Å². The lowest BCUT2D eigenvalue weighted by molar-refractivity contribution is -0.147. The Kier molecular flexibility index (Phi) is 23.9. The number of likely N-dealkylation sites (N-methyl/N-ethyl adjacent to an activating group) is 2. The molecule has 4 amide bonds. The van der Waals surface area contributed by atoms with E-state index in [9.17, 15) is 24.0 Å². The minimum Gasteiger partial charge on any atom is -0.467 e. The van der Waals surface area contributed by atoms with E-state index in [4.69, 9.17) is 18.9 Å². The summed E-state index contributed by atoms with van der Waals surface area (Å²) < 4.78 is 22.8. The van der Waals surface area contributed by atoms with Gasteiger partial charge in [0.2, 0.25) is 23.6 Å². The van der Waals surface area contributed by atoms with Gasteiger partial charge in [0, 0.05) is 53.4 Å². The van der Waals surface area contributed by atoms with E-state index in [0.29, 0.717) is 57.2 Å². The lowest BCUT2D eigenvalue weighted by Gasteiger charge is -2.39. The molecule has 0 spiro atoms. The van der Waals surface area contributed by atoms with Gasteiger partial charge in [-0.1, -0.05) is 97.9 Å². The van der Waals surface area contributed by atoms with E-state index >= 15 is 0 Å². The topological polar surface area (TPSA) is 168 Å². The molecule has 0 bridgehead atoms. The van der Waals surface area contributed by atoms with Crippen LogP contribution in [-0.2, 0) is 49.3 Å². The van der Waals surface area contributed by atoms with Crippen LogP contribution in [-0.4, -0.2) is 161 Å². The monoisotopic (exact) mass is 873 g/mol. The Morgan fingerprint density at radius 2 is 1.53 bits per heavy atom. The van der Waals surface area contributed by atoms with Crippen molar-refractivity contribution < 1.29 is 42.9 Å². The molecule has 15 nitrogen and oxygen atoms in total. The Hall–Kier alpha value is -3.89. The van der Waals surface area contributed by atoms with Crippen LogP contribution in [0.1, 0.15) is 86.6 Å². The van der Waals surface area contributed by atoms with Crippen molar-refractivity contribution in [3.05, 3.63) is 48.0 Å². The maximum absolute atomic E-state index is 14.5. The van der Waals surface area contributed by atoms with E-state index in [0.717, 1.165) is 12.1 Å². The molecule has 1 aliphatic heterocycles. The number of rotatable bonds is 28. The van der Waals surface area contributed by atoms with Crippen molar-refractivity contribution in [2.24, 2.45) is 17.8 Å².